The molecule has 1 amide bonds. The van der Waals surface area contributed by atoms with Crippen molar-refractivity contribution in [3.8, 4) is 5.69 Å². The first-order valence-electron chi connectivity index (χ1n) is 9.77. The molecule has 2 heterocycles. The molecule has 0 aliphatic carbocycles. The molecule has 3 rings (SSSR count). The SMILES string of the molecule is Cc1nn(-c2cccc(C(F)(F)F)c2)c(C)c1C(=O)C(=O)NCC(c1cccs1)N(C)C. The molecule has 0 spiro atoms. The van der Waals surface area contributed by atoms with Crippen LogP contribution in [0.5, 0.6) is 0 Å². The number of Topliss-reactive ketones (excluding diaryl/α,β-unsaturated/α-hetero) is 1. The van der Waals surface area contributed by atoms with E-state index < -0.39 is 23.4 Å². The Hall–Kier alpha value is -2.98. The molecular weight excluding hydrogens is 441 g/mol. The number of nitrogens with zero attached hydrogens (tertiary/aromatic N) is 3. The van der Waals surface area contributed by atoms with Gasteiger partial charge in [0.05, 0.1) is 34.2 Å². The molecule has 0 radical (unpaired) electrons. The number of carbonyl (C=O) groups is 2. The minimum absolute atomic E-state index is 0.0810. The fraction of sp³-hybridized carbons (Fsp3) is 0.318. The molecule has 1 atom stereocenters. The lowest BCUT2D eigenvalue weighted by atomic mass is 10.1. The lowest BCUT2D eigenvalue weighted by molar-refractivity contribution is -0.137. The van der Waals surface area contributed by atoms with E-state index in [4.69, 9.17) is 0 Å². The van der Waals surface area contributed by atoms with Gasteiger partial charge in [0.15, 0.2) is 0 Å². The molecule has 0 saturated carbocycles. The third-order valence-corrected chi connectivity index (χ3v) is 6.07. The molecule has 32 heavy (non-hydrogen) atoms. The molecule has 0 aliphatic heterocycles. The van der Waals surface area contributed by atoms with Crippen molar-refractivity contribution in [3.63, 3.8) is 0 Å². The maximum atomic E-state index is 13.1. The molecule has 2 aromatic heterocycles. The number of aryl methyl sites for hydroxylation is 1. The van der Waals surface area contributed by atoms with Gasteiger partial charge in [0.25, 0.3) is 11.7 Å². The second-order valence-electron chi connectivity index (χ2n) is 7.54. The van der Waals surface area contributed by atoms with Crippen LogP contribution in [-0.4, -0.2) is 47.0 Å². The molecule has 10 heteroatoms. The van der Waals surface area contributed by atoms with E-state index in [0.29, 0.717) is 5.69 Å². The normalized spacial score (nSPS) is 12.8. The Morgan fingerprint density at radius 1 is 1.19 bits per heavy atom. The van der Waals surface area contributed by atoms with Crippen molar-refractivity contribution in [1.82, 2.24) is 20.0 Å². The predicted octanol–water partition coefficient (Wildman–Crippen LogP) is 4.17. The zero-order valence-electron chi connectivity index (χ0n) is 18.0. The summed E-state index contributed by atoms with van der Waals surface area (Å²) >= 11 is 1.55. The van der Waals surface area contributed by atoms with Gasteiger partial charge >= 0.3 is 6.18 Å². The number of hydrogen-bond donors (Lipinski definition) is 1. The number of alkyl halides is 3. The van der Waals surface area contributed by atoms with Gasteiger partial charge in [-0.1, -0.05) is 12.1 Å². The van der Waals surface area contributed by atoms with Gasteiger partial charge in [0.1, 0.15) is 0 Å². The summed E-state index contributed by atoms with van der Waals surface area (Å²) in [6, 6.07) is 8.43. The van der Waals surface area contributed by atoms with E-state index in [9.17, 15) is 22.8 Å². The minimum atomic E-state index is -4.50. The molecule has 0 bridgehead atoms. The number of benzene rings is 1. The van der Waals surface area contributed by atoms with E-state index in [-0.39, 0.29) is 29.5 Å². The third-order valence-electron chi connectivity index (χ3n) is 5.09. The molecule has 1 aromatic carbocycles. The first-order chi connectivity index (χ1) is 15.0. The van der Waals surface area contributed by atoms with Gasteiger partial charge in [-0.15, -0.1) is 11.3 Å². The van der Waals surface area contributed by atoms with Crippen LogP contribution < -0.4 is 5.32 Å². The number of amides is 1. The third kappa shape index (κ3) is 4.91. The zero-order valence-corrected chi connectivity index (χ0v) is 18.8. The zero-order chi connectivity index (χ0) is 23.6. The number of thiophene rings is 1. The Bertz CT molecular complexity index is 1120. The van der Waals surface area contributed by atoms with Crippen molar-refractivity contribution in [2.45, 2.75) is 26.1 Å². The van der Waals surface area contributed by atoms with Crippen molar-refractivity contribution in [3.05, 3.63) is 69.2 Å². The average molecular weight is 465 g/mol. The van der Waals surface area contributed by atoms with Crippen molar-refractivity contribution in [2.75, 3.05) is 20.6 Å². The monoisotopic (exact) mass is 464 g/mol. The van der Waals surface area contributed by atoms with Gasteiger partial charge in [-0.25, -0.2) is 4.68 Å². The van der Waals surface area contributed by atoms with Crippen molar-refractivity contribution >= 4 is 23.0 Å². The average Bonchev–Trinajstić information content (AvgIpc) is 3.35. The molecule has 170 valence electrons. The second kappa shape index (κ2) is 9.25. The van der Waals surface area contributed by atoms with Crippen LogP contribution in [0, 0.1) is 13.8 Å². The van der Waals surface area contributed by atoms with Gasteiger partial charge in [-0.2, -0.15) is 18.3 Å². The largest absolute Gasteiger partial charge is 0.416 e. The summed E-state index contributed by atoms with van der Waals surface area (Å²) in [5.41, 5.74) is -0.0222. The van der Waals surface area contributed by atoms with E-state index in [1.165, 1.54) is 16.8 Å². The maximum absolute atomic E-state index is 13.1. The highest BCUT2D eigenvalue weighted by Crippen LogP contribution is 2.31. The number of carbonyl (C=O) groups excluding carboxylic acids is 2. The topological polar surface area (TPSA) is 67.2 Å². The Morgan fingerprint density at radius 3 is 2.50 bits per heavy atom. The highest BCUT2D eigenvalue weighted by Gasteiger charge is 2.31. The van der Waals surface area contributed by atoms with Crippen LogP contribution in [-0.2, 0) is 11.0 Å². The number of ketones is 1. The van der Waals surface area contributed by atoms with Crippen LogP contribution in [0.3, 0.4) is 0 Å². The summed E-state index contributed by atoms with van der Waals surface area (Å²) < 4.78 is 40.5. The Labute approximate surface area is 187 Å². The number of hydrogen-bond acceptors (Lipinski definition) is 5. The van der Waals surface area contributed by atoms with Gasteiger partial charge in [0, 0.05) is 11.4 Å². The van der Waals surface area contributed by atoms with Crippen LogP contribution in [0.25, 0.3) is 5.69 Å². The molecule has 3 aromatic rings. The summed E-state index contributed by atoms with van der Waals surface area (Å²) in [6.45, 7) is 3.33. The number of likely N-dealkylation sites (N-methyl/N-ethyl adjacent to an activating group) is 1. The van der Waals surface area contributed by atoms with E-state index in [1.54, 1.807) is 25.2 Å². The summed E-state index contributed by atoms with van der Waals surface area (Å²) in [7, 11) is 3.76. The molecule has 6 nitrogen and oxygen atoms in total. The van der Waals surface area contributed by atoms with Crippen LogP contribution in [0.2, 0.25) is 0 Å². The lowest BCUT2D eigenvalue weighted by Crippen LogP contribution is -2.38. The van der Waals surface area contributed by atoms with E-state index in [2.05, 4.69) is 10.4 Å². The van der Waals surface area contributed by atoms with E-state index in [0.717, 1.165) is 17.0 Å². The quantitative estimate of drug-likeness (QED) is 0.421. The lowest BCUT2D eigenvalue weighted by Gasteiger charge is -2.23. The number of nitrogens with one attached hydrogen (secondary N) is 1. The summed E-state index contributed by atoms with van der Waals surface area (Å²) in [6.07, 6.45) is -4.50. The molecule has 0 saturated heterocycles. The van der Waals surface area contributed by atoms with E-state index >= 15 is 0 Å². The molecule has 1 N–H and O–H groups in total. The molecular formula is C22H23F3N4O2S. The van der Waals surface area contributed by atoms with Gasteiger partial charge in [0.2, 0.25) is 0 Å². The second-order valence-corrected chi connectivity index (χ2v) is 8.52. The minimum Gasteiger partial charge on any atom is -0.347 e. The van der Waals surface area contributed by atoms with Gasteiger partial charge in [-0.05, 0) is 57.6 Å². The van der Waals surface area contributed by atoms with Gasteiger partial charge < -0.3 is 10.2 Å². The first-order valence-corrected chi connectivity index (χ1v) is 10.6. The highest BCUT2D eigenvalue weighted by atomic mass is 32.1. The predicted molar refractivity (Wildman–Crippen MR) is 116 cm³/mol. The van der Waals surface area contributed by atoms with Crippen molar-refractivity contribution < 1.29 is 22.8 Å². The Morgan fingerprint density at radius 2 is 1.91 bits per heavy atom. The Kier molecular flexibility index (Phi) is 6.85. The molecule has 1 unspecified atom stereocenters. The van der Waals surface area contributed by atoms with Crippen molar-refractivity contribution in [2.24, 2.45) is 0 Å². The number of rotatable bonds is 7. The fourth-order valence-electron chi connectivity index (χ4n) is 3.44. The smallest absolute Gasteiger partial charge is 0.347 e. The Balaban J connectivity index is 1.82. The van der Waals surface area contributed by atoms with E-state index in [1.807, 2.05) is 36.5 Å². The van der Waals surface area contributed by atoms with Crippen LogP contribution in [0.15, 0.2) is 41.8 Å². The highest BCUT2D eigenvalue weighted by molar-refractivity contribution is 7.10. The van der Waals surface area contributed by atoms with Crippen LogP contribution in [0.1, 0.15) is 38.2 Å². The molecule has 0 aliphatic rings. The first kappa shape index (κ1) is 23.7. The standard InChI is InChI=1S/C22H23F3N4O2S/c1-13-19(14(2)29(27-13)16-8-5-7-15(11-16)22(23,24)25)20(30)21(31)26-12-17(28(3)4)18-9-6-10-32-18/h5-11,17H,12H2,1-4H3,(H,26,31). The fourth-order valence-corrected chi connectivity index (χ4v) is 4.36. The maximum Gasteiger partial charge on any atom is 0.416 e. The van der Waals surface area contributed by atoms with Crippen LogP contribution in [0.4, 0.5) is 13.2 Å². The number of aromatic nitrogens is 2. The summed E-state index contributed by atoms with van der Waals surface area (Å²) in [4.78, 5) is 28.5. The van der Waals surface area contributed by atoms with Gasteiger partial charge in [-0.3, -0.25) is 9.59 Å². The number of halogens is 3. The van der Waals surface area contributed by atoms with Crippen LogP contribution >= 0.6 is 11.3 Å². The van der Waals surface area contributed by atoms with Crippen molar-refractivity contribution in [1.29, 1.82) is 0 Å². The summed E-state index contributed by atoms with van der Waals surface area (Å²) in [5.74, 6) is -1.56. The molecule has 0 fully saturated rings. The summed E-state index contributed by atoms with van der Waals surface area (Å²) in [5, 5.41) is 8.83.